The Kier molecular flexibility index (Phi) is 4.67. The van der Waals surface area contributed by atoms with Crippen molar-refractivity contribution in [3.63, 3.8) is 0 Å². The van der Waals surface area contributed by atoms with Crippen LogP contribution in [-0.2, 0) is 9.59 Å². The molecule has 4 heteroatoms. The Bertz CT molecular complexity index is 656. The fraction of sp³-hybridized carbons (Fsp3) is 0.818. The maximum atomic E-state index is 12.1. The number of ketones is 1. The largest absolute Gasteiger partial charge is 0.392 e. The van der Waals surface area contributed by atoms with Crippen LogP contribution < -0.4 is 0 Å². The van der Waals surface area contributed by atoms with Gasteiger partial charge in [-0.05, 0) is 73.7 Å². The van der Waals surface area contributed by atoms with E-state index in [-0.39, 0.29) is 27.8 Å². The van der Waals surface area contributed by atoms with Crippen LogP contribution in [0, 0.1) is 34.5 Å². The Morgan fingerprint density at radius 1 is 1.27 bits per heavy atom. The lowest BCUT2D eigenvalue weighted by atomic mass is 9.47. The van der Waals surface area contributed by atoms with Crippen LogP contribution in [0.3, 0.4) is 0 Å². The van der Waals surface area contributed by atoms with E-state index in [9.17, 15) is 14.7 Å². The molecular formula is C22H32O3S. The van der Waals surface area contributed by atoms with E-state index in [0.717, 1.165) is 44.3 Å². The van der Waals surface area contributed by atoms with Gasteiger partial charge in [-0.1, -0.05) is 31.2 Å². The number of aliphatic hydroxyl groups excluding tert-OH is 1. The smallest absolute Gasteiger partial charge is 0.185 e. The predicted octanol–water partition coefficient (Wildman–Crippen LogP) is 4.39. The van der Waals surface area contributed by atoms with Crippen molar-refractivity contribution in [2.24, 2.45) is 34.5 Å². The van der Waals surface area contributed by atoms with Crippen molar-refractivity contribution in [3.05, 3.63) is 11.6 Å². The average Bonchev–Trinajstić information content (AvgIpc) is 2.84. The summed E-state index contributed by atoms with van der Waals surface area (Å²) in [6.07, 6.45) is 8.79. The Balaban J connectivity index is 1.70. The lowest BCUT2D eigenvalue weighted by Crippen LogP contribution is -2.53. The fourth-order valence-electron chi connectivity index (χ4n) is 7.20. The predicted molar refractivity (Wildman–Crippen MR) is 105 cm³/mol. The van der Waals surface area contributed by atoms with E-state index in [4.69, 9.17) is 0 Å². The summed E-state index contributed by atoms with van der Waals surface area (Å²) in [5.41, 5.74) is 1.42. The van der Waals surface area contributed by atoms with Crippen molar-refractivity contribution in [3.8, 4) is 0 Å². The zero-order valence-electron chi connectivity index (χ0n) is 16.3. The number of carbonyl (C=O) groups excluding carboxylic acids is 2. The Morgan fingerprint density at radius 3 is 2.77 bits per heavy atom. The van der Waals surface area contributed by atoms with Crippen LogP contribution in [0.1, 0.15) is 65.7 Å². The summed E-state index contributed by atoms with van der Waals surface area (Å²) in [6, 6.07) is 0. The number of hydrogen-bond donors (Lipinski definition) is 1. The molecule has 4 rings (SSSR count). The number of hydrogen-bond acceptors (Lipinski definition) is 4. The molecule has 0 amide bonds. The van der Waals surface area contributed by atoms with Gasteiger partial charge in [-0.3, -0.25) is 9.59 Å². The fourth-order valence-corrected chi connectivity index (χ4v) is 8.21. The minimum Gasteiger partial charge on any atom is -0.392 e. The van der Waals surface area contributed by atoms with E-state index < -0.39 is 0 Å². The number of thioether (sulfide) groups is 1. The summed E-state index contributed by atoms with van der Waals surface area (Å²) in [5.74, 6) is 3.28. The molecule has 4 aliphatic carbocycles. The summed E-state index contributed by atoms with van der Waals surface area (Å²) in [7, 11) is 0. The van der Waals surface area contributed by atoms with Gasteiger partial charge >= 0.3 is 0 Å². The highest BCUT2D eigenvalue weighted by Gasteiger charge is 2.61. The first-order valence-electron chi connectivity index (χ1n) is 10.3. The molecule has 0 aromatic rings. The molecule has 26 heavy (non-hydrogen) atoms. The number of rotatable bonds is 2. The standard InChI is InChI=1S/C22H32O3S/c1-13-10-19-17-5-4-15-11-16(24)6-9-22(15,12-26-14(2)23)18(17)7-8-21(19,3)20(13)25/h11,13,17-20,25H,4-10,12H2,1-3H3/t13?,17-,18-,19+,20?,21+,22-/m1/s1. The van der Waals surface area contributed by atoms with Gasteiger partial charge in [-0.2, -0.15) is 0 Å². The molecule has 144 valence electrons. The van der Waals surface area contributed by atoms with E-state index in [1.807, 2.05) is 6.08 Å². The van der Waals surface area contributed by atoms with Gasteiger partial charge in [0.05, 0.1) is 6.10 Å². The average molecular weight is 377 g/mol. The molecule has 0 radical (unpaired) electrons. The number of carbonyl (C=O) groups is 2. The molecule has 0 aliphatic heterocycles. The van der Waals surface area contributed by atoms with Crippen LogP contribution in [0.15, 0.2) is 11.6 Å². The second-order valence-electron chi connectivity index (χ2n) is 9.69. The Labute approximate surface area is 161 Å². The second-order valence-corrected chi connectivity index (χ2v) is 10.8. The lowest BCUT2D eigenvalue weighted by Gasteiger charge is -2.58. The monoisotopic (exact) mass is 376 g/mol. The molecule has 0 heterocycles. The SMILES string of the molecule is CC(=O)SC[C@]12CCC(=O)C=C1CC[C@@H]1[C@H]2CC[C@]2(C)C(O)C(C)C[C@@H]12. The summed E-state index contributed by atoms with van der Waals surface area (Å²) >= 11 is 1.46. The van der Waals surface area contributed by atoms with E-state index in [1.165, 1.54) is 17.3 Å². The van der Waals surface area contributed by atoms with Gasteiger partial charge < -0.3 is 5.11 Å². The second kappa shape index (κ2) is 6.48. The first-order chi connectivity index (χ1) is 12.3. The molecule has 7 atom stereocenters. The van der Waals surface area contributed by atoms with E-state index in [1.54, 1.807) is 6.92 Å². The maximum Gasteiger partial charge on any atom is 0.185 e. The van der Waals surface area contributed by atoms with E-state index >= 15 is 0 Å². The van der Waals surface area contributed by atoms with Gasteiger partial charge in [0, 0.05) is 24.5 Å². The molecule has 3 fully saturated rings. The van der Waals surface area contributed by atoms with Crippen LogP contribution >= 0.6 is 11.8 Å². The lowest BCUT2D eigenvalue weighted by molar-refractivity contribution is -0.117. The molecule has 0 saturated heterocycles. The Hall–Kier alpha value is -0.610. The molecule has 1 N–H and O–H groups in total. The van der Waals surface area contributed by atoms with Crippen LogP contribution in [0.4, 0.5) is 0 Å². The zero-order chi connectivity index (χ0) is 18.7. The zero-order valence-corrected chi connectivity index (χ0v) is 17.1. The minimum absolute atomic E-state index is 0.0330. The molecule has 2 unspecified atom stereocenters. The number of fused-ring (bicyclic) bond motifs is 5. The molecule has 4 aliphatic rings. The van der Waals surface area contributed by atoms with Crippen LogP contribution in [0.25, 0.3) is 0 Å². The van der Waals surface area contributed by atoms with Gasteiger partial charge in [0.15, 0.2) is 10.9 Å². The van der Waals surface area contributed by atoms with Crippen molar-refractivity contribution >= 4 is 22.7 Å². The third-order valence-electron chi connectivity index (χ3n) is 8.50. The highest BCUT2D eigenvalue weighted by Crippen LogP contribution is 2.66. The molecule has 0 spiro atoms. The van der Waals surface area contributed by atoms with Crippen LogP contribution in [0.2, 0.25) is 0 Å². The highest BCUT2D eigenvalue weighted by atomic mass is 32.2. The summed E-state index contributed by atoms with van der Waals surface area (Å²) in [4.78, 5) is 23.8. The van der Waals surface area contributed by atoms with Gasteiger partial charge in [0.1, 0.15) is 0 Å². The first kappa shape index (κ1) is 18.7. The van der Waals surface area contributed by atoms with E-state index in [2.05, 4.69) is 13.8 Å². The molecular weight excluding hydrogens is 344 g/mol. The molecule has 3 nitrogen and oxygen atoms in total. The first-order valence-corrected chi connectivity index (χ1v) is 11.3. The van der Waals surface area contributed by atoms with E-state index in [0.29, 0.717) is 30.1 Å². The quantitative estimate of drug-likeness (QED) is 0.777. The van der Waals surface area contributed by atoms with Gasteiger partial charge in [0.25, 0.3) is 0 Å². The van der Waals surface area contributed by atoms with Crippen molar-refractivity contribution < 1.29 is 14.7 Å². The van der Waals surface area contributed by atoms with Gasteiger partial charge in [-0.25, -0.2) is 0 Å². The summed E-state index contributed by atoms with van der Waals surface area (Å²) in [5, 5.41) is 11.0. The summed E-state index contributed by atoms with van der Waals surface area (Å²) in [6.45, 7) is 6.18. The van der Waals surface area contributed by atoms with Crippen LogP contribution in [-0.4, -0.2) is 27.9 Å². The third kappa shape index (κ3) is 2.66. The molecule has 0 aromatic heterocycles. The minimum atomic E-state index is -0.180. The molecule has 0 aromatic carbocycles. The molecule has 3 saturated carbocycles. The topological polar surface area (TPSA) is 54.4 Å². The van der Waals surface area contributed by atoms with Crippen molar-refractivity contribution in [1.82, 2.24) is 0 Å². The Morgan fingerprint density at radius 2 is 2.04 bits per heavy atom. The molecule has 0 bridgehead atoms. The van der Waals surface area contributed by atoms with Crippen molar-refractivity contribution in [1.29, 1.82) is 0 Å². The maximum absolute atomic E-state index is 12.1. The normalized spacial score (nSPS) is 47.6. The number of aliphatic hydroxyl groups is 1. The summed E-state index contributed by atoms with van der Waals surface area (Å²) < 4.78 is 0. The van der Waals surface area contributed by atoms with Crippen LogP contribution in [0.5, 0.6) is 0 Å². The van der Waals surface area contributed by atoms with Crippen molar-refractivity contribution in [2.75, 3.05) is 5.75 Å². The third-order valence-corrected chi connectivity index (χ3v) is 9.56. The van der Waals surface area contributed by atoms with Gasteiger partial charge in [-0.15, -0.1) is 0 Å². The van der Waals surface area contributed by atoms with Crippen molar-refractivity contribution in [2.45, 2.75) is 71.8 Å². The highest BCUT2D eigenvalue weighted by molar-refractivity contribution is 8.13. The van der Waals surface area contributed by atoms with Gasteiger partial charge in [0.2, 0.25) is 0 Å². The number of allylic oxidation sites excluding steroid dienone is 1.